The molecule has 0 atom stereocenters. The smallest absolute Gasteiger partial charge is 0.157 e. The molecule has 2 heterocycles. The van der Waals surface area contributed by atoms with E-state index in [0.29, 0.717) is 0 Å². The second kappa shape index (κ2) is 6.50. The summed E-state index contributed by atoms with van der Waals surface area (Å²) in [5, 5.41) is 8.93. The van der Waals surface area contributed by atoms with E-state index in [1.807, 2.05) is 17.1 Å². The Bertz CT molecular complexity index is 489. The molecule has 0 aromatic carbocycles. The summed E-state index contributed by atoms with van der Waals surface area (Å²) in [5.41, 5.74) is 2.23. The Hall–Kier alpha value is -1.42. The standard InChI is InChI=1S/C14H22N4/c1-3-5-7-18-14-13(11-17-18)8-12(10-16-14)9-15-6-4-2/h8,10-11,15H,3-7,9H2,1-2H3. The maximum Gasteiger partial charge on any atom is 0.157 e. The molecule has 4 heteroatoms. The molecule has 98 valence electrons. The second-order valence-corrected chi connectivity index (χ2v) is 4.65. The summed E-state index contributed by atoms with van der Waals surface area (Å²) < 4.78 is 2.00. The molecule has 2 aromatic heterocycles. The van der Waals surface area contributed by atoms with Gasteiger partial charge in [-0.05, 0) is 31.0 Å². The van der Waals surface area contributed by atoms with Crippen molar-refractivity contribution in [3.63, 3.8) is 0 Å². The Balaban J connectivity index is 2.10. The fourth-order valence-corrected chi connectivity index (χ4v) is 2.00. The van der Waals surface area contributed by atoms with Crippen LogP contribution in [0, 0.1) is 0 Å². The van der Waals surface area contributed by atoms with Crippen molar-refractivity contribution < 1.29 is 0 Å². The van der Waals surface area contributed by atoms with Gasteiger partial charge >= 0.3 is 0 Å². The zero-order valence-electron chi connectivity index (χ0n) is 11.3. The number of fused-ring (bicyclic) bond motifs is 1. The van der Waals surface area contributed by atoms with Crippen LogP contribution in [0.2, 0.25) is 0 Å². The van der Waals surface area contributed by atoms with Crippen LogP contribution in [0.4, 0.5) is 0 Å². The van der Waals surface area contributed by atoms with E-state index in [4.69, 9.17) is 0 Å². The lowest BCUT2D eigenvalue weighted by Gasteiger charge is -2.04. The fourth-order valence-electron chi connectivity index (χ4n) is 2.00. The predicted molar refractivity (Wildman–Crippen MR) is 74.4 cm³/mol. The quantitative estimate of drug-likeness (QED) is 0.764. The molecule has 0 aliphatic carbocycles. The van der Waals surface area contributed by atoms with Crippen LogP contribution in [0.3, 0.4) is 0 Å². The molecule has 1 N–H and O–H groups in total. The minimum atomic E-state index is 0.886. The highest BCUT2D eigenvalue weighted by Gasteiger charge is 2.04. The van der Waals surface area contributed by atoms with E-state index in [2.05, 4.69) is 35.3 Å². The molecule has 2 rings (SSSR count). The van der Waals surface area contributed by atoms with E-state index in [0.717, 1.165) is 43.5 Å². The molecule has 0 bridgehead atoms. The number of hydrogen-bond donors (Lipinski definition) is 1. The zero-order chi connectivity index (χ0) is 12.8. The topological polar surface area (TPSA) is 42.7 Å². The van der Waals surface area contributed by atoms with Crippen LogP contribution in [-0.4, -0.2) is 21.3 Å². The Morgan fingerprint density at radius 3 is 2.89 bits per heavy atom. The van der Waals surface area contributed by atoms with Crippen molar-refractivity contribution in [2.45, 2.75) is 46.2 Å². The Morgan fingerprint density at radius 1 is 1.22 bits per heavy atom. The van der Waals surface area contributed by atoms with Crippen LogP contribution in [0.25, 0.3) is 11.0 Å². The van der Waals surface area contributed by atoms with Gasteiger partial charge in [-0.15, -0.1) is 0 Å². The summed E-state index contributed by atoms with van der Waals surface area (Å²) in [5.74, 6) is 0. The van der Waals surface area contributed by atoms with E-state index >= 15 is 0 Å². The SMILES string of the molecule is CCCCn1ncc2cc(CNCCC)cnc21. The maximum absolute atomic E-state index is 4.53. The lowest BCUT2D eigenvalue weighted by molar-refractivity contribution is 0.584. The molecule has 0 radical (unpaired) electrons. The van der Waals surface area contributed by atoms with Gasteiger partial charge in [-0.25, -0.2) is 9.67 Å². The third-order valence-electron chi connectivity index (χ3n) is 3.01. The van der Waals surface area contributed by atoms with Crippen LogP contribution in [-0.2, 0) is 13.1 Å². The van der Waals surface area contributed by atoms with E-state index in [1.165, 1.54) is 12.0 Å². The Morgan fingerprint density at radius 2 is 2.11 bits per heavy atom. The molecule has 18 heavy (non-hydrogen) atoms. The minimum absolute atomic E-state index is 0.886. The van der Waals surface area contributed by atoms with Gasteiger partial charge in [0.25, 0.3) is 0 Å². The third-order valence-corrected chi connectivity index (χ3v) is 3.01. The molecule has 0 aliphatic rings. The highest BCUT2D eigenvalue weighted by Crippen LogP contribution is 2.13. The largest absolute Gasteiger partial charge is 0.313 e. The van der Waals surface area contributed by atoms with Crippen molar-refractivity contribution in [3.05, 3.63) is 24.0 Å². The molecule has 0 spiro atoms. The predicted octanol–water partition coefficient (Wildman–Crippen LogP) is 2.73. The van der Waals surface area contributed by atoms with Gasteiger partial charge in [0.2, 0.25) is 0 Å². The molecule has 0 saturated heterocycles. The highest BCUT2D eigenvalue weighted by molar-refractivity contribution is 5.74. The fraction of sp³-hybridized carbons (Fsp3) is 0.571. The molecular formula is C14H22N4. The first-order chi connectivity index (χ1) is 8.85. The Labute approximate surface area is 108 Å². The van der Waals surface area contributed by atoms with Gasteiger partial charge in [-0.2, -0.15) is 5.10 Å². The Kier molecular flexibility index (Phi) is 4.70. The first kappa shape index (κ1) is 13.0. The van der Waals surface area contributed by atoms with Crippen LogP contribution < -0.4 is 5.32 Å². The summed E-state index contributed by atoms with van der Waals surface area (Å²) >= 11 is 0. The van der Waals surface area contributed by atoms with Crippen LogP contribution in [0.5, 0.6) is 0 Å². The number of rotatable bonds is 7. The van der Waals surface area contributed by atoms with Crippen LogP contribution in [0.15, 0.2) is 18.5 Å². The van der Waals surface area contributed by atoms with Gasteiger partial charge in [-0.3, -0.25) is 0 Å². The van der Waals surface area contributed by atoms with Crippen molar-refractivity contribution in [2.75, 3.05) is 6.54 Å². The highest BCUT2D eigenvalue weighted by atomic mass is 15.3. The van der Waals surface area contributed by atoms with Gasteiger partial charge in [0.15, 0.2) is 5.65 Å². The molecule has 0 saturated carbocycles. The molecule has 0 aliphatic heterocycles. The number of unbranched alkanes of at least 4 members (excludes halogenated alkanes) is 1. The first-order valence-corrected chi connectivity index (χ1v) is 6.86. The summed E-state index contributed by atoms with van der Waals surface area (Å²) in [4.78, 5) is 4.53. The number of nitrogens with one attached hydrogen (secondary N) is 1. The monoisotopic (exact) mass is 246 g/mol. The summed E-state index contributed by atoms with van der Waals surface area (Å²) in [6.45, 7) is 7.26. The van der Waals surface area contributed by atoms with Crippen molar-refractivity contribution in [1.29, 1.82) is 0 Å². The van der Waals surface area contributed by atoms with E-state index in [1.54, 1.807) is 0 Å². The zero-order valence-corrected chi connectivity index (χ0v) is 11.3. The number of aromatic nitrogens is 3. The average Bonchev–Trinajstić information content (AvgIpc) is 2.79. The van der Waals surface area contributed by atoms with Gasteiger partial charge in [0, 0.05) is 24.7 Å². The van der Waals surface area contributed by atoms with Gasteiger partial charge in [0.05, 0.1) is 6.20 Å². The molecule has 4 nitrogen and oxygen atoms in total. The van der Waals surface area contributed by atoms with Crippen molar-refractivity contribution >= 4 is 11.0 Å². The van der Waals surface area contributed by atoms with E-state index < -0.39 is 0 Å². The molecular weight excluding hydrogens is 224 g/mol. The lowest BCUT2D eigenvalue weighted by atomic mass is 10.2. The molecule has 2 aromatic rings. The first-order valence-electron chi connectivity index (χ1n) is 6.86. The van der Waals surface area contributed by atoms with E-state index in [-0.39, 0.29) is 0 Å². The number of pyridine rings is 1. The van der Waals surface area contributed by atoms with Crippen molar-refractivity contribution in [3.8, 4) is 0 Å². The van der Waals surface area contributed by atoms with Crippen LogP contribution in [0.1, 0.15) is 38.7 Å². The third kappa shape index (κ3) is 3.07. The van der Waals surface area contributed by atoms with Crippen LogP contribution >= 0.6 is 0 Å². The van der Waals surface area contributed by atoms with E-state index in [9.17, 15) is 0 Å². The minimum Gasteiger partial charge on any atom is -0.313 e. The molecule has 0 fully saturated rings. The van der Waals surface area contributed by atoms with Gasteiger partial charge in [0.1, 0.15) is 0 Å². The second-order valence-electron chi connectivity index (χ2n) is 4.65. The lowest BCUT2D eigenvalue weighted by Crippen LogP contribution is -2.13. The van der Waals surface area contributed by atoms with Crippen molar-refractivity contribution in [2.24, 2.45) is 0 Å². The normalized spacial score (nSPS) is 11.2. The summed E-state index contributed by atoms with van der Waals surface area (Å²) in [6, 6.07) is 2.18. The summed E-state index contributed by atoms with van der Waals surface area (Å²) in [6.07, 6.45) is 7.36. The molecule has 0 amide bonds. The average molecular weight is 246 g/mol. The van der Waals surface area contributed by atoms with Gasteiger partial charge < -0.3 is 5.32 Å². The summed E-state index contributed by atoms with van der Waals surface area (Å²) in [7, 11) is 0. The number of nitrogens with zero attached hydrogens (tertiary/aromatic N) is 3. The maximum atomic E-state index is 4.53. The van der Waals surface area contributed by atoms with Gasteiger partial charge in [-0.1, -0.05) is 20.3 Å². The number of aryl methyl sites for hydroxylation is 1. The number of hydrogen-bond acceptors (Lipinski definition) is 3. The van der Waals surface area contributed by atoms with Crippen molar-refractivity contribution in [1.82, 2.24) is 20.1 Å². The molecule has 0 unspecified atom stereocenters.